The average Bonchev–Trinajstić information content (AvgIpc) is 2.28. The van der Waals surface area contributed by atoms with E-state index in [9.17, 15) is 9.90 Å². The van der Waals surface area contributed by atoms with Crippen molar-refractivity contribution < 1.29 is 19.4 Å². The topological polar surface area (TPSA) is 55.8 Å². The Hall–Kier alpha value is -1.55. The number of hydrogen-bond donors (Lipinski definition) is 1. The van der Waals surface area contributed by atoms with Crippen LogP contribution >= 0.6 is 0 Å². The molecule has 0 amide bonds. The molecule has 0 saturated carbocycles. The lowest BCUT2D eigenvalue weighted by Crippen LogP contribution is -2.36. The molecule has 1 N–H and O–H groups in total. The van der Waals surface area contributed by atoms with Crippen molar-refractivity contribution in [3.05, 3.63) is 29.8 Å². The third-order valence-electron chi connectivity index (χ3n) is 2.47. The van der Waals surface area contributed by atoms with Crippen molar-refractivity contribution >= 4 is 5.97 Å². The normalized spacial score (nSPS) is 14.2. The number of phenolic OH excluding ortho intramolecular Hbond substituents is 1. The molecule has 1 aromatic carbocycles. The number of methoxy groups -OCH3 is 1. The van der Waals surface area contributed by atoms with E-state index < -0.39 is 11.6 Å². The SMILES string of the molecule is CCOC(=O)[C@@](C)(OC)c1cccc(O)c1. The number of rotatable bonds is 4. The Kier molecular flexibility index (Phi) is 3.90. The van der Waals surface area contributed by atoms with Crippen molar-refractivity contribution in [1.82, 2.24) is 0 Å². The van der Waals surface area contributed by atoms with Gasteiger partial charge in [-0.25, -0.2) is 4.79 Å². The summed E-state index contributed by atoms with van der Waals surface area (Å²) >= 11 is 0. The molecular weight excluding hydrogens is 208 g/mol. The molecule has 0 bridgehead atoms. The van der Waals surface area contributed by atoms with E-state index in [4.69, 9.17) is 9.47 Å². The molecule has 4 nitrogen and oxygen atoms in total. The highest BCUT2D eigenvalue weighted by Crippen LogP contribution is 2.28. The van der Waals surface area contributed by atoms with Crippen LogP contribution in [0.1, 0.15) is 19.4 Å². The highest BCUT2D eigenvalue weighted by Gasteiger charge is 2.37. The highest BCUT2D eigenvalue weighted by molar-refractivity contribution is 5.81. The van der Waals surface area contributed by atoms with E-state index in [0.29, 0.717) is 5.56 Å². The molecule has 0 unspecified atom stereocenters. The van der Waals surface area contributed by atoms with Gasteiger partial charge in [0.25, 0.3) is 0 Å². The quantitative estimate of drug-likeness (QED) is 0.792. The predicted octanol–water partition coefficient (Wildman–Crippen LogP) is 1.82. The molecular formula is C12H16O4. The minimum atomic E-state index is -1.19. The van der Waals surface area contributed by atoms with Gasteiger partial charge in [0.05, 0.1) is 6.61 Å². The first-order chi connectivity index (χ1) is 7.54. The first kappa shape index (κ1) is 12.5. The molecule has 16 heavy (non-hydrogen) atoms. The maximum absolute atomic E-state index is 11.8. The Morgan fingerprint density at radius 2 is 2.19 bits per heavy atom. The van der Waals surface area contributed by atoms with Gasteiger partial charge in [-0.3, -0.25) is 0 Å². The van der Waals surface area contributed by atoms with Crippen molar-refractivity contribution in [2.45, 2.75) is 19.4 Å². The largest absolute Gasteiger partial charge is 0.508 e. The maximum Gasteiger partial charge on any atom is 0.342 e. The smallest absolute Gasteiger partial charge is 0.342 e. The Balaban J connectivity index is 3.09. The van der Waals surface area contributed by atoms with Crippen LogP contribution in [0.15, 0.2) is 24.3 Å². The summed E-state index contributed by atoms with van der Waals surface area (Å²) in [5, 5.41) is 9.38. The van der Waals surface area contributed by atoms with Crippen LogP contribution < -0.4 is 0 Å². The number of carbonyl (C=O) groups is 1. The molecule has 0 fully saturated rings. The van der Waals surface area contributed by atoms with Gasteiger partial charge in [-0.05, 0) is 31.5 Å². The van der Waals surface area contributed by atoms with Gasteiger partial charge in [0, 0.05) is 7.11 Å². The van der Waals surface area contributed by atoms with Gasteiger partial charge in [0.2, 0.25) is 0 Å². The Morgan fingerprint density at radius 3 is 2.69 bits per heavy atom. The fourth-order valence-corrected chi connectivity index (χ4v) is 1.39. The molecule has 0 radical (unpaired) electrons. The van der Waals surface area contributed by atoms with Crippen LogP contribution in [0.2, 0.25) is 0 Å². The lowest BCUT2D eigenvalue weighted by Gasteiger charge is -2.26. The standard InChI is InChI=1S/C12H16O4/c1-4-16-11(14)12(2,15-3)9-6-5-7-10(13)8-9/h5-8,13H,4H2,1-3H3/t12-/m0/s1. The molecule has 0 aromatic heterocycles. The van der Waals surface area contributed by atoms with Crippen LogP contribution in [0.25, 0.3) is 0 Å². The number of phenols is 1. The second kappa shape index (κ2) is 4.99. The fraction of sp³-hybridized carbons (Fsp3) is 0.417. The third kappa shape index (κ3) is 2.33. The lowest BCUT2D eigenvalue weighted by atomic mass is 9.95. The molecule has 4 heteroatoms. The molecule has 0 aliphatic rings. The van der Waals surface area contributed by atoms with Crippen LogP contribution in [0.3, 0.4) is 0 Å². The van der Waals surface area contributed by atoms with Crippen LogP contribution in [-0.2, 0) is 19.9 Å². The number of carbonyl (C=O) groups excluding carboxylic acids is 1. The van der Waals surface area contributed by atoms with E-state index in [2.05, 4.69) is 0 Å². The van der Waals surface area contributed by atoms with Crippen molar-refractivity contribution in [1.29, 1.82) is 0 Å². The van der Waals surface area contributed by atoms with Gasteiger partial charge in [0.15, 0.2) is 5.60 Å². The first-order valence-electron chi connectivity index (χ1n) is 5.06. The van der Waals surface area contributed by atoms with Crippen molar-refractivity contribution in [3.8, 4) is 5.75 Å². The first-order valence-corrected chi connectivity index (χ1v) is 5.06. The number of hydrogen-bond acceptors (Lipinski definition) is 4. The fourth-order valence-electron chi connectivity index (χ4n) is 1.39. The summed E-state index contributed by atoms with van der Waals surface area (Å²) in [6.07, 6.45) is 0. The molecule has 1 rings (SSSR count). The number of esters is 1. The molecule has 0 aliphatic heterocycles. The van der Waals surface area contributed by atoms with Crippen LogP contribution in [0.5, 0.6) is 5.75 Å². The Labute approximate surface area is 94.8 Å². The molecule has 0 spiro atoms. The molecule has 1 atom stereocenters. The van der Waals surface area contributed by atoms with E-state index in [0.717, 1.165) is 0 Å². The van der Waals surface area contributed by atoms with Gasteiger partial charge >= 0.3 is 5.97 Å². The van der Waals surface area contributed by atoms with E-state index in [1.165, 1.54) is 19.2 Å². The summed E-state index contributed by atoms with van der Waals surface area (Å²) in [4.78, 5) is 11.8. The predicted molar refractivity (Wildman–Crippen MR) is 59.1 cm³/mol. The zero-order chi connectivity index (χ0) is 12.2. The summed E-state index contributed by atoms with van der Waals surface area (Å²) in [5.74, 6) is -0.381. The Morgan fingerprint density at radius 1 is 1.50 bits per heavy atom. The molecule has 0 heterocycles. The van der Waals surface area contributed by atoms with E-state index in [1.54, 1.807) is 26.0 Å². The number of benzene rings is 1. The third-order valence-corrected chi connectivity index (χ3v) is 2.47. The zero-order valence-electron chi connectivity index (χ0n) is 9.69. The van der Waals surface area contributed by atoms with Gasteiger partial charge in [-0.2, -0.15) is 0 Å². The minimum Gasteiger partial charge on any atom is -0.508 e. The second-order valence-electron chi connectivity index (χ2n) is 3.51. The highest BCUT2D eigenvalue weighted by atomic mass is 16.6. The lowest BCUT2D eigenvalue weighted by molar-refractivity contribution is -0.168. The van der Waals surface area contributed by atoms with Crippen molar-refractivity contribution in [3.63, 3.8) is 0 Å². The summed E-state index contributed by atoms with van der Waals surface area (Å²) in [5.41, 5.74) is -0.622. The van der Waals surface area contributed by atoms with E-state index in [-0.39, 0.29) is 12.4 Å². The van der Waals surface area contributed by atoms with Crippen molar-refractivity contribution in [2.75, 3.05) is 13.7 Å². The monoisotopic (exact) mass is 224 g/mol. The van der Waals surface area contributed by atoms with Crippen LogP contribution in [0.4, 0.5) is 0 Å². The number of aromatic hydroxyl groups is 1. The van der Waals surface area contributed by atoms with Gasteiger partial charge < -0.3 is 14.6 Å². The Bertz CT molecular complexity index is 375. The second-order valence-corrected chi connectivity index (χ2v) is 3.51. The van der Waals surface area contributed by atoms with E-state index >= 15 is 0 Å². The number of ether oxygens (including phenoxy) is 2. The summed E-state index contributed by atoms with van der Waals surface area (Å²) in [6, 6.07) is 6.38. The average molecular weight is 224 g/mol. The minimum absolute atomic E-state index is 0.0880. The summed E-state index contributed by atoms with van der Waals surface area (Å²) < 4.78 is 10.2. The van der Waals surface area contributed by atoms with Crippen LogP contribution in [0, 0.1) is 0 Å². The molecule has 0 saturated heterocycles. The van der Waals surface area contributed by atoms with Gasteiger partial charge in [-0.1, -0.05) is 12.1 Å². The van der Waals surface area contributed by atoms with E-state index in [1.807, 2.05) is 0 Å². The maximum atomic E-state index is 11.8. The van der Waals surface area contributed by atoms with Gasteiger partial charge in [0.1, 0.15) is 5.75 Å². The molecule has 0 aliphatic carbocycles. The zero-order valence-corrected chi connectivity index (χ0v) is 9.69. The summed E-state index contributed by atoms with van der Waals surface area (Å²) in [7, 11) is 1.43. The van der Waals surface area contributed by atoms with Crippen molar-refractivity contribution in [2.24, 2.45) is 0 Å². The molecule has 1 aromatic rings. The van der Waals surface area contributed by atoms with Gasteiger partial charge in [-0.15, -0.1) is 0 Å². The molecule has 88 valence electrons. The van der Waals surface area contributed by atoms with Crippen LogP contribution in [-0.4, -0.2) is 24.8 Å². The summed E-state index contributed by atoms with van der Waals surface area (Å²) in [6.45, 7) is 3.63.